The number of hydrogen-bond donors (Lipinski definition) is 4. The van der Waals surface area contributed by atoms with Crippen LogP contribution in [0.1, 0.15) is 33.1 Å². The quantitative estimate of drug-likeness (QED) is 0.548. The van der Waals surface area contributed by atoms with Crippen LogP contribution in [0.4, 0.5) is 4.79 Å². The number of hydrogen-bond acceptors (Lipinski definition) is 3. The molecule has 108 valence electrons. The molecule has 19 heavy (non-hydrogen) atoms. The van der Waals surface area contributed by atoms with Crippen LogP contribution in [0.25, 0.3) is 0 Å². The maximum absolute atomic E-state index is 11.6. The summed E-state index contributed by atoms with van der Waals surface area (Å²) in [5, 5.41) is 16.8. The lowest BCUT2D eigenvalue weighted by molar-refractivity contribution is -0.140. The predicted octanol–water partition coefficient (Wildman–Crippen LogP) is 0.0635. The van der Waals surface area contributed by atoms with E-state index in [1.807, 2.05) is 6.92 Å². The van der Waals surface area contributed by atoms with Gasteiger partial charge in [-0.15, -0.1) is 0 Å². The first-order valence-corrected chi connectivity index (χ1v) is 6.50. The van der Waals surface area contributed by atoms with Gasteiger partial charge in [-0.2, -0.15) is 0 Å². The summed E-state index contributed by atoms with van der Waals surface area (Å²) < 4.78 is 0. The van der Waals surface area contributed by atoms with Gasteiger partial charge in [0.25, 0.3) is 0 Å². The van der Waals surface area contributed by atoms with E-state index in [1.165, 1.54) is 0 Å². The first kappa shape index (κ1) is 15.3. The van der Waals surface area contributed by atoms with Gasteiger partial charge in [0.2, 0.25) is 5.91 Å². The van der Waals surface area contributed by atoms with Crippen LogP contribution in [0.3, 0.4) is 0 Å². The van der Waals surface area contributed by atoms with Gasteiger partial charge < -0.3 is 21.1 Å². The van der Waals surface area contributed by atoms with E-state index < -0.39 is 18.0 Å². The first-order valence-electron chi connectivity index (χ1n) is 6.50. The molecule has 0 aliphatic carbocycles. The van der Waals surface area contributed by atoms with Gasteiger partial charge >= 0.3 is 12.0 Å². The van der Waals surface area contributed by atoms with E-state index in [0.29, 0.717) is 25.8 Å². The van der Waals surface area contributed by atoms with E-state index in [4.69, 9.17) is 5.11 Å². The topological polar surface area (TPSA) is 108 Å². The van der Waals surface area contributed by atoms with Crippen molar-refractivity contribution in [1.82, 2.24) is 16.0 Å². The third kappa shape index (κ3) is 4.76. The van der Waals surface area contributed by atoms with Gasteiger partial charge in [-0.1, -0.05) is 20.3 Å². The lowest BCUT2D eigenvalue weighted by Crippen LogP contribution is -2.51. The molecular weight excluding hydrogens is 250 g/mol. The van der Waals surface area contributed by atoms with E-state index in [9.17, 15) is 14.4 Å². The first-order chi connectivity index (χ1) is 8.93. The van der Waals surface area contributed by atoms with Crippen molar-refractivity contribution in [3.05, 3.63) is 0 Å². The van der Waals surface area contributed by atoms with Crippen molar-refractivity contribution >= 4 is 17.9 Å². The Bertz CT molecular complexity index is 359. The molecule has 0 aromatic heterocycles. The number of carbonyl (C=O) groups excluding carboxylic acids is 2. The van der Waals surface area contributed by atoms with E-state index in [1.54, 1.807) is 6.92 Å². The highest BCUT2D eigenvalue weighted by molar-refractivity contribution is 5.83. The van der Waals surface area contributed by atoms with Gasteiger partial charge in [-0.05, 0) is 12.3 Å². The van der Waals surface area contributed by atoms with Crippen molar-refractivity contribution in [2.24, 2.45) is 5.92 Å². The third-order valence-corrected chi connectivity index (χ3v) is 3.36. The smallest absolute Gasteiger partial charge is 0.326 e. The Labute approximate surface area is 112 Å². The summed E-state index contributed by atoms with van der Waals surface area (Å²) in [5.41, 5.74) is 0. The molecule has 4 N–H and O–H groups in total. The van der Waals surface area contributed by atoms with E-state index in [2.05, 4.69) is 16.0 Å². The zero-order valence-corrected chi connectivity index (χ0v) is 11.2. The predicted molar refractivity (Wildman–Crippen MR) is 68.6 cm³/mol. The van der Waals surface area contributed by atoms with Crippen LogP contribution in [0.15, 0.2) is 0 Å². The standard InChI is InChI=1S/C12H21N3O4/c1-3-7(2)10(11(17)18)15-12(19)13-6-8-4-5-9(16)14-8/h7-8,10H,3-6H2,1-2H3,(H,14,16)(H,17,18)(H2,13,15,19)/t7-,8?,10-/m0/s1. The molecule has 0 aromatic carbocycles. The summed E-state index contributed by atoms with van der Waals surface area (Å²) in [6, 6.07) is -1.48. The fraction of sp³-hybridized carbons (Fsp3) is 0.750. The molecule has 3 atom stereocenters. The van der Waals surface area contributed by atoms with E-state index in [0.717, 1.165) is 0 Å². The van der Waals surface area contributed by atoms with Crippen LogP contribution in [0, 0.1) is 5.92 Å². The Kier molecular flexibility index (Phi) is 5.59. The molecule has 0 radical (unpaired) electrons. The van der Waals surface area contributed by atoms with Crippen molar-refractivity contribution < 1.29 is 19.5 Å². The molecular formula is C12H21N3O4. The van der Waals surface area contributed by atoms with Crippen molar-refractivity contribution in [2.45, 2.75) is 45.2 Å². The lowest BCUT2D eigenvalue weighted by Gasteiger charge is -2.21. The van der Waals surface area contributed by atoms with Crippen LogP contribution < -0.4 is 16.0 Å². The molecule has 0 aromatic rings. The zero-order chi connectivity index (χ0) is 14.4. The highest BCUT2D eigenvalue weighted by Crippen LogP contribution is 2.08. The summed E-state index contributed by atoms with van der Waals surface area (Å²) >= 11 is 0. The van der Waals surface area contributed by atoms with Crippen LogP contribution in [0.2, 0.25) is 0 Å². The molecule has 0 spiro atoms. The van der Waals surface area contributed by atoms with Crippen molar-refractivity contribution in [1.29, 1.82) is 0 Å². The molecule has 1 fully saturated rings. The third-order valence-electron chi connectivity index (χ3n) is 3.36. The second kappa shape index (κ2) is 6.96. The second-order valence-electron chi connectivity index (χ2n) is 4.86. The maximum atomic E-state index is 11.6. The molecule has 1 aliphatic rings. The van der Waals surface area contributed by atoms with Crippen molar-refractivity contribution in [3.63, 3.8) is 0 Å². The molecule has 3 amide bonds. The summed E-state index contributed by atoms with van der Waals surface area (Å²) in [6.07, 6.45) is 1.82. The van der Waals surface area contributed by atoms with Gasteiger partial charge in [-0.25, -0.2) is 9.59 Å². The molecule has 1 rings (SSSR count). The monoisotopic (exact) mass is 271 g/mol. The molecule has 1 heterocycles. The Morgan fingerprint density at radius 3 is 2.68 bits per heavy atom. The Balaban J connectivity index is 2.36. The van der Waals surface area contributed by atoms with Gasteiger partial charge in [0.05, 0.1) is 0 Å². The number of aliphatic carboxylic acids is 1. The summed E-state index contributed by atoms with van der Waals surface area (Å²) in [5.74, 6) is -1.21. The number of carboxylic acid groups (broad SMARTS) is 1. The van der Waals surface area contributed by atoms with Crippen LogP contribution in [0.5, 0.6) is 0 Å². The number of urea groups is 1. The van der Waals surface area contributed by atoms with Gasteiger partial charge in [0.15, 0.2) is 0 Å². The normalized spacial score (nSPS) is 21.4. The maximum Gasteiger partial charge on any atom is 0.326 e. The number of carboxylic acids is 1. The number of amides is 3. The highest BCUT2D eigenvalue weighted by atomic mass is 16.4. The SMILES string of the molecule is CC[C@H](C)[C@H](NC(=O)NCC1CCC(=O)N1)C(=O)O. The van der Waals surface area contributed by atoms with Crippen LogP contribution >= 0.6 is 0 Å². The van der Waals surface area contributed by atoms with Crippen molar-refractivity contribution in [2.75, 3.05) is 6.54 Å². The average Bonchev–Trinajstić information content (AvgIpc) is 2.78. The van der Waals surface area contributed by atoms with Crippen LogP contribution in [-0.4, -0.2) is 41.6 Å². The zero-order valence-electron chi connectivity index (χ0n) is 11.2. The van der Waals surface area contributed by atoms with Gasteiger partial charge in [0.1, 0.15) is 6.04 Å². The summed E-state index contributed by atoms with van der Waals surface area (Å²) in [4.78, 5) is 33.6. The summed E-state index contributed by atoms with van der Waals surface area (Å²) in [6.45, 7) is 3.95. The molecule has 7 heteroatoms. The lowest BCUT2D eigenvalue weighted by atomic mass is 9.99. The average molecular weight is 271 g/mol. The second-order valence-corrected chi connectivity index (χ2v) is 4.86. The Morgan fingerprint density at radius 2 is 2.21 bits per heavy atom. The molecule has 1 saturated heterocycles. The minimum Gasteiger partial charge on any atom is -0.480 e. The van der Waals surface area contributed by atoms with E-state index in [-0.39, 0.29) is 17.9 Å². The number of carbonyl (C=O) groups is 3. The largest absolute Gasteiger partial charge is 0.480 e. The van der Waals surface area contributed by atoms with Gasteiger partial charge in [-0.3, -0.25) is 4.79 Å². The fourth-order valence-electron chi connectivity index (χ4n) is 1.92. The van der Waals surface area contributed by atoms with Gasteiger partial charge in [0, 0.05) is 19.0 Å². The van der Waals surface area contributed by atoms with E-state index >= 15 is 0 Å². The minimum absolute atomic E-state index is 0.0183. The molecule has 0 saturated carbocycles. The molecule has 1 unspecified atom stereocenters. The number of nitrogens with one attached hydrogen (secondary N) is 3. The fourth-order valence-corrected chi connectivity index (χ4v) is 1.92. The Hall–Kier alpha value is -1.79. The highest BCUT2D eigenvalue weighted by Gasteiger charge is 2.26. The molecule has 1 aliphatic heterocycles. The minimum atomic E-state index is -1.04. The molecule has 7 nitrogen and oxygen atoms in total. The Morgan fingerprint density at radius 1 is 1.53 bits per heavy atom. The van der Waals surface area contributed by atoms with Crippen molar-refractivity contribution in [3.8, 4) is 0 Å². The van der Waals surface area contributed by atoms with Crippen LogP contribution in [-0.2, 0) is 9.59 Å². The number of rotatable bonds is 6. The summed E-state index contributed by atoms with van der Waals surface area (Å²) in [7, 11) is 0. The molecule has 0 bridgehead atoms.